The van der Waals surface area contributed by atoms with Gasteiger partial charge in [-0.1, -0.05) is 11.6 Å². The molecule has 9 heteroatoms. The Bertz CT molecular complexity index is 848. The molecule has 0 aliphatic carbocycles. The van der Waals surface area contributed by atoms with Gasteiger partial charge < -0.3 is 14.6 Å². The molecule has 1 saturated heterocycles. The quantitative estimate of drug-likeness (QED) is 0.871. The maximum absolute atomic E-state index is 13.9. The predicted molar refractivity (Wildman–Crippen MR) is 78.2 cm³/mol. The van der Waals surface area contributed by atoms with Gasteiger partial charge in [0.05, 0.1) is 11.3 Å². The first-order valence-electron chi connectivity index (χ1n) is 6.32. The van der Waals surface area contributed by atoms with Crippen LogP contribution in [0.1, 0.15) is 6.42 Å². The standard InChI is InChI=1S/C13H11ClFNO5S/c14-7-2-3-9(15)8(6-7)12-10(17)11(18)13(21-12)16-4-1-5-22(16,19)20/h2-3,6,17-18H,1,4-5H2. The third-order valence-electron chi connectivity index (χ3n) is 3.34. The van der Waals surface area contributed by atoms with Gasteiger partial charge in [-0.3, -0.25) is 0 Å². The third-order valence-corrected chi connectivity index (χ3v) is 5.40. The summed E-state index contributed by atoms with van der Waals surface area (Å²) in [6.07, 6.45) is 0.365. The maximum atomic E-state index is 13.9. The van der Waals surface area contributed by atoms with Crippen molar-refractivity contribution in [1.29, 1.82) is 0 Å². The first kappa shape index (κ1) is 15.0. The molecule has 2 aromatic rings. The second kappa shape index (κ2) is 5.06. The average Bonchev–Trinajstić information content (AvgIpc) is 2.94. The van der Waals surface area contributed by atoms with Crippen LogP contribution >= 0.6 is 11.6 Å². The van der Waals surface area contributed by atoms with E-state index in [4.69, 9.17) is 16.0 Å². The zero-order valence-corrected chi connectivity index (χ0v) is 12.7. The van der Waals surface area contributed by atoms with Crippen LogP contribution < -0.4 is 4.31 Å². The topological polar surface area (TPSA) is 91.0 Å². The molecule has 0 radical (unpaired) electrons. The molecule has 118 valence electrons. The zero-order valence-electron chi connectivity index (χ0n) is 11.1. The molecule has 0 amide bonds. The number of rotatable bonds is 2. The fourth-order valence-corrected chi connectivity index (χ4v) is 3.96. The summed E-state index contributed by atoms with van der Waals surface area (Å²) in [6, 6.07) is 3.59. The van der Waals surface area contributed by atoms with Gasteiger partial charge in [0.25, 0.3) is 5.88 Å². The van der Waals surface area contributed by atoms with Gasteiger partial charge in [-0.15, -0.1) is 0 Å². The Morgan fingerprint density at radius 3 is 2.64 bits per heavy atom. The number of furan rings is 1. The van der Waals surface area contributed by atoms with Crippen LogP contribution in [0, 0.1) is 5.82 Å². The lowest BCUT2D eigenvalue weighted by atomic mass is 10.1. The Kier molecular flexibility index (Phi) is 3.45. The summed E-state index contributed by atoms with van der Waals surface area (Å²) in [5, 5.41) is 20.1. The fraction of sp³-hybridized carbons (Fsp3) is 0.231. The van der Waals surface area contributed by atoms with Crippen LogP contribution in [0.4, 0.5) is 10.3 Å². The number of nitrogens with zero attached hydrogens (tertiary/aromatic N) is 1. The molecule has 1 fully saturated rings. The van der Waals surface area contributed by atoms with Crippen molar-refractivity contribution in [1.82, 2.24) is 0 Å². The molecular formula is C13H11ClFNO5S. The molecule has 0 bridgehead atoms. The molecule has 0 atom stereocenters. The number of hydrogen-bond acceptors (Lipinski definition) is 5. The van der Waals surface area contributed by atoms with Crippen molar-refractivity contribution < 1.29 is 27.4 Å². The van der Waals surface area contributed by atoms with Crippen molar-refractivity contribution >= 4 is 27.5 Å². The number of hydrogen-bond donors (Lipinski definition) is 2. The molecule has 1 aromatic carbocycles. The number of sulfonamides is 1. The third kappa shape index (κ3) is 2.28. The van der Waals surface area contributed by atoms with Crippen LogP contribution in [0.3, 0.4) is 0 Å². The highest BCUT2D eigenvalue weighted by molar-refractivity contribution is 7.93. The van der Waals surface area contributed by atoms with Gasteiger partial charge in [-0.2, -0.15) is 0 Å². The molecule has 6 nitrogen and oxygen atoms in total. The van der Waals surface area contributed by atoms with Crippen LogP contribution in [-0.4, -0.2) is 30.9 Å². The van der Waals surface area contributed by atoms with E-state index in [1.54, 1.807) is 0 Å². The van der Waals surface area contributed by atoms with Gasteiger partial charge in [0.2, 0.25) is 21.5 Å². The molecule has 0 unspecified atom stereocenters. The van der Waals surface area contributed by atoms with Gasteiger partial charge in [0.15, 0.2) is 5.76 Å². The van der Waals surface area contributed by atoms with E-state index < -0.39 is 33.2 Å². The lowest BCUT2D eigenvalue weighted by Gasteiger charge is -2.12. The molecule has 1 aromatic heterocycles. The minimum atomic E-state index is -3.62. The summed E-state index contributed by atoms with van der Waals surface area (Å²) < 4.78 is 43.7. The number of anilines is 1. The lowest BCUT2D eigenvalue weighted by molar-refractivity contribution is 0.409. The van der Waals surface area contributed by atoms with E-state index >= 15 is 0 Å². The Balaban J connectivity index is 2.16. The van der Waals surface area contributed by atoms with Crippen molar-refractivity contribution in [2.75, 3.05) is 16.6 Å². The lowest BCUT2D eigenvalue weighted by Crippen LogP contribution is -2.24. The average molecular weight is 348 g/mol. The summed E-state index contributed by atoms with van der Waals surface area (Å²) >= 11 is 5.78. The summed E-state index contributed by atoms with van der Waals surface area (Å²) in [7, 11) is -3.62. The Labute approximate surface area is 130 Å². The first-order valence-corrected chi connectivity index (χ1v) is 8.30. The van der Waals surface area contributed by atoms with Gasteiger partial charge in [0.1, 0.15) is 5.82 Å². The van der Waals surface area contributed by atoms with E-state index in [2.05, 4.69) is 0 Å². The van der Waals surface area contributed by atoms with Crippen molar-refractivity contribution in [2.24, 2.45) is 0 Å². The van der Waals surface area contributed by atoms with E-state index in [9.17, 15) is 23.0 Å². The van der Waals surface area contributed by atoms with Gasteiger partial charge in [-0.05, 0) is 24.6 Å². The fourth-order valence-electron chi connectivity index (χ4n) is 2.29. The van der Waals surface area contributed by atoms with Crippen LogP contribution in [0.25, 0.3) is 11.3 Å². The number of benzene rings is 1. The van der Waals surface area contributed by atoms with Gasteiger partial charge >= 0.3 is 0 Å². The summed E-state index contributed by atoms with van der Waals surface area (Å²) in [4.78, 5) is 0. The maximum Gasteiger partial charge on any atom is 0.256 e. The van der Waals surface area contributed by atoms with Gasteiger partial charge in [-0.25, -0.2) is 17.1 Å². The largest absolute Gasteiger partial charge is 0.502 e. The summed E-state index contributed by atoms with van der Waals surface area (Å²) in [5.74, 6) is -3.12. The highest BCUT2D eigenvalue weighted by Crippen LogP contribution is 2.48. The molecular weight excluding hydrogens is 337 g/mol. The number of halogens is 2. The van der Waals surface area contributed by atoms with Crippen LogP contribution in [0.15, 0.2) is 22.6 Å². The SMILES string of the molecule is O=S1(=O)CCCN1c1oc(-c2cc(Cl)ccc2F)c(O)c1O. The highest BCUT2D eigenvalue weighted by Gasteiger charge is 2.36. The minimum Gasteiger partial charge on any atom is -0.502 e. The van der Waals surface area contributed by atoms with Crippen LogP contribution in [0.2, 0.25) is 5.02 Å². The van der Waals surface area contributed by atoms with E-state index in [-0.39, 0.29) is 28.6 Å². The van der Waals surface area contributed by atoms with Crippen molar-refractivity contribution in [2.45, 2.75) is 6.42 Å². The van der Waals surface area contributed by atoms with E-state index in [0.29, 0.717) is 6.42 Å². The molecule has 22 heavy (non-hydrogen) atoms. The Morgan fingerprint density at radius 1 is 1.27 bits per heavy atom. The minimum absolute atomic E-state index is 0.0885. The second-order valence-electron chi connectivity index (χ2n) is 4.80. The van der Waals surface area contributed by atoms with Crippen molar-refractivity contribution in [3.8, 4) is 22.8 Å². The van der Waals surface area contributed by atoms with Crippen LogP contribution in [-0.2, 0) is 10.0 Å². The number of aromatic hydroxyl groups is 2. The van der Waals surface area contributed by atoms with Crippen LogP contribution in [0.5, 0.6) is 11.5 Å². The molecule has 3 rings (SSSR count). The van der Waals surface area contributed by atoms with E-state index in [1.807, 2.05) is 0 Å². The summed E-state index contributed by atoms with van der Waals surface area (Å²) in [5.41, 5.74) is -0.178. The smallest absolute Gasteiger partial charge is 0.256 e. The molecule has 2 N–H and O–H groups in total. The molecule has 0 saturated carbocycles. The molecule has 2 heterocycles. The molecule has 0 spiro atoms. The Hall–Kier alpha value is -1.93. The van der Waals surface area contributed by atoms with E-state index in [1.165, 1.54) is 12.1 Å². The van der Waals surface area contributed by atoms with E-state index in [0.717, 1.165) is 10.4 Å². The Morgan fingerprint density at radius 2 is 2.00 bits per heavy atom. The monoisotopic (exact) mass is 347 g/mol. The first-order chi connectivity index (χ1) is 10.3. The predicted octanol–water partition coefficient (Wildman–Crippen LogP) is 2.69. The summed E-state index contributed by atoms with van der Waals surface area (Å²) in [6.45, 7) is 0.111. The van der Waals surface area contributed by atoms with Crippen molar-refractivity contribution in [3.05, 3.63) is 29.0 Å². The second-order valence-corrected chi connectivity index (χ2v) is 7.25. The zero-order chi connectivity index (χ0) is 16.1. The van der Waals surface area contributed by atoms with Crippen molar-refractivity contribution in [3.63, 3.8) is 0 Å². The normalized spacial score (nSPS) is 17.1. The van der Waals surface area contributed by atoms with Gasteiger partial charge in [0, 0.05) is 11.6 Å². The molecule has 1 aliphatic rings. The highest BCUT2D eigenvalue weighted by atomic mass is 35.5. The molecule has 1 aliphatic heterocycles.